The molecule has 0 aromatic heterocycles. The van der Waals surface area contributed by atoms with E-state index in [4.69, 9.17) is 0 Å². The minimum Gasteiger partial charge on any atom is -0.393 e. The highest BCUT2D eigenvalue weighted by molar-refractivity contribution is 6.11. The van der Waals surface area contributed by atoms with Crippen LogP contribution in [0.1, 0.15) is 107 Å². The van der Waals surface area contributed by atoms with Crippen LogP contribution in [0.2, 0.25) is 0 Å². The van der Waals surface area contributed by atoms with Gasteiger partial charge in [-0.05, 0) is 81.0 Å². The summed E-state index contributed by atoms with van der Waals surface area (Å²) in [4.78, 5) is 27.9. The maximum Gasteiger partial charge on any atom is 0.160 e. The molecular formula is C30H46O3. The van der Waals surface area contributed by atoms with Crippen molar-refractivity contribution in [1.29, 1.82) is 0 Å². The summed E-state index contributed by atoms with van der Waals surface area (Å²) in [5.74, 6) is 1.44. The van der Waals surface area contributed by atoms with Crippen molar-refractivity contribution in [3.63, 3.8) is 0 Å². The number of aliphatic hydroxyl groups excluding tert-OH is 1. The van der Waals surface area contributed by atoms with Gasteiger partial charge in [-0.15, -0.1) is 0 Å². The Morgan fingerprint density at radius 1 is 1.03 bits per heavy atom. The minimum atomic E-state index is -0.414. The summed E-state index contributed by atoms with van der Waals surface area (Å²) in [7, 11) is 0. The van der Waals surface area contributed by atoms with Crippen LogP contribution in [0.5, 0.6) is 0 Å². The Morgan fingerprint density at radius 3 is 2.33 bits per heavy atom. The Hall–Kier alpha value is -1.22. The summed E-state index contributed by atoms with van der Waals surface area (Å²) in [5.41, 5.74) is 2.07. The summed E-state index contributed by atoms with van der Waals surface area (Å²) in [6.07, 6.45) is 8.79. The van der Waals surface area contributed by atoms with Gasteiger partial charge in [0.05, 0.1) is 6.10 Å². The van der Waals surface area contributed by atoms with E-state index in [9.17, 15) is 14.7 Å². The molecule has 1 N–H and O–H groups in total. The van der Waals surface area contributed by atoms with E-state index in [-0.39, 0.29) is 39.1 Å². The van der Waals surface area contributed by atoms with E-state index < -0.39 is 6.10 Å². The number of allylic oxidation sites excluding steroid dienone is 4. The molecule has 3 nitrogen and oxygen atoms in total. The molecule has 0 bridgehead atoms. The Labute approximate surface area is 201 Å². The molecular weight excluding hydrogens is 408 g/mol. The van der Waals surface area contributed by atoms with Crippen LogP contribution in [-0.2, 0) is 9.59 Å². The zero-order valence-electron chi connectivity index (χ0n) is 22.3. The maximum atomic E-state index is 14.0. The van der Waals surface area contributed by atoms with Crippen LogP contribution in [0.3, 0.4) is 0 Å². The highest BCUT2D eigenvalue weighted by atomic mass is 16.3. The van der Waals surface area contributed by atoms with Crippen LogP contribution in [0.25, 0.3) is 0 Å². The number of hydrogen-bond acceptors (Lipinski definition) is 3. The molecule has 0 heterocycles. The topological polar surface area (TPSA) is 54.4 Å². The molecule has 4 aliphatic rings. The summed E-state index contributed by atoms with van der Waals surface area (Å²) in [6, 6.07) is 0. The smallest absolute Gasteiger partial charge is 0.160 e. The number of carbonyl (C=O) groups excluding carboxylic acids is 2. The van der Waals surface area contributed by atoms with Crippen LogP contribution in [0, 0.1) is 39.4 Å². The van der Waals surface area contributed by atoms with E-state index in [1.807, 2.05) is 0 Å². The van der Waals surface area contributed by atoms with Crippen molar-refractivity contribution >= 4 is 11.6 Å². The van der Waals surface area contributed by atoms with Gasteiger partial charge in [0, 0.05) is 34.8 Å². The average molecular weight is 455 g/mol. The number of fused-ring (bicyclic) bond motifs is 4. The number of rotatable bonds is 4. The lowest BCUT2D eigenvalue weighted by Crippen LogP contribution is -2.59. The second kappa shape index (κ2) is 7.90. The fourth-order valence-electron chi connectivity index (χ4n) is 8.94. The van der Waals surface area contributed by atoms with Gasteiger partial charge in [-0.1, -0.05) is 53.2 Å². The summed E-state index contributed by atoms with van der Waals surface area (Å²) >= 11 is 0. The fraction of sp³-hybridized carbons (Fsp3) is 0.800. The third-order valence-electron chi connectivity index (χ3n) is 11.2. The minimum absolute atomic E-state index is 0.0251. The Bertz CT molecular complexity index is 919. The fourth-order valence-corrected chi connectivity index (χ4v) is 8.94. The van der Waals surface area contributed by atoms with Gasteiger partial charge in [0.25, 0.3) is 0 Å². The Morgan fingerprint density at radius 2 is 1.70 bits per heavy atom. The first kappa shape index (κ1) is 24.9. The van der Waals surface area contributed by atoms with E-state index in [0.29, 0.717) is 31.1 Å². The van der Waals surface area contributed by atoms with Crippen molar-refractivity contribution < 1.29 is 14.7 Å². The van der Waals surface area contributed by atoms with Gasteiger partial charge in [0.2, 0.25) is 0 Å². The van der Waals surface area contributed by atoms with Crippen molar-refractivity contribution in [1.82, 2.24) is 0 Å². The maximum absolute atomic E-state index is 14.0. The molecule has 2 saturated carbocycles. The lowest BCUT2D eigenvalue weighted by atomic mass is 9.43. The molecule has 3 heteroatoms. The third kappa shape index (κ3) is 3.39. The van der Waals surface area contributed by atoms with Crippen LogP contribution >= 0.6 is 0 Å². The average Bonchev–Trinajstić information content (AvgIpc) is 2.97. The molecule has 2 fully saturated rings. The lowest BCUT2D eigenvalue weighted by Gasteiger charge is -2.60. The van der Waals surface area contributed by atoms with Gasteiger partial charge < -0.3 is 5.11 Å². The van der Waals surface area contributed by atoms with Gasteiger partial charge in [0.1, 0.15) is 0 Å². The zero-order valence-corrected chi connectivity index (χ0v) is 22.3. The van der Waals surface area contributed by atoms with Crippen molar-refractivity contribution in [3.8, 4) is 0 Å². The van der Waals surface area contributed by atoms with E-state index in [2.05, 4.69) is 61.5 Å². The van der Waals surface area contributed by atoms with Crippen molar-refractivity contribution in [2.45, 2.75) is 113 Å². The molecule has 0 aromatic rings. The Balaban J connectivity index is 1.76. The zero-order chi connectivity index (χ0) is 24.6. The van der Waals surface area contributed by atoms with Gasteiger partial charge in [-0.25, -0.2) is 0 Å². The third-order valence-corrected chi connectivity index (χ3v) is 11.2. The molecule has 0 aromatic carbocycles. The van der Waals surface area contributed by atoms with Crippen molar-refractivity contribution in [3.05, 3.63) is 22.8 Å². The second-order valence-electron chi connectivity index (χ2n) is 13.6. The first-order chi connectivity index (χ1) is 15.2. The largest absolute Gasteiger partial charge is 0.393 e. The molecule has 33 heavy (non-hydrogen) atoms. The molecule has 7 unspecified atom stereocenters. The SMILES string of the molecule is CC(C)=CCCC(C)C1CCC2(C)C3=C(C(=O)CC12C)C1(C)CCC(O)C(C)(C)C1CC3=O. The monoisotopic (exact) mass is 454 g/mol. The predicted octanol–water partition coefficient (Wildman–Crippen LogP) is 6.84. The molecule has 7 atom stereocenters. The van der Waals surface area contributed by atoms with Gasteiger partial charge >= 0.3 is 0 Å². The molecule has 184 valence electrons. The van der Waals surface area contributed by atoms with Gasteiger partial charge in [0.15, 0.2) is 11.6 Å². The first-order valence-corrected chi connectivity index (χ1v) is 13.3. The molecule has 0 spiro atoms. The van der Waals surface area contributed by atoms with Gasteiger partial charge in [-0.2, -0.15) is 0 Å². The Kier molecular flexibility index (Phi) is 5.96. The highest BCUT2D eigenvalue weighted by Gasteiger charge is 2.67. The first-order valence-electron chi connectivity index (χ1n) is 13.3. The van der Waals surface area contributed by atoms with Crippen LogP contribution in [0.15, 0.2) is 22.8 Å². The molecule has 0 radical (unpaired) electrons. The van der Waals surface area contributed by atoms with E-state index in [1.54, 1.807) is 0 Å². The lowest BCUT2D eigenvalue weighted by molar-refractivity contribution is -0.141. The van der Waals surface area contributed by atoms with E-state index in [0.717, 1.165) is 43.3 Å². The van der Waals surface area contributed by atoms with E-state index in [1.165, 1.54) is 5.57 Å². The number of ketones is 2. The van der Waals surface area contributed by atoms with Crippen LogP contribution in [-0.4, -0.2) is 22.8 Å². The molecule has 4 rings (SSSR count). The standard InChI is InChI=1S/C30H46O3/c1-18(2)10-9-11-19(3)20-12-15-29(7)26-21(31)16-23-27(4,5)24(33)13-14-28(23,6)25(26)22(32)17-30(20,29)8/h10,19-20,23-24,33H,9,11-17H2,1-8H3. The predicted molar refractivity (Wildman–Crippen MR) is 134 cm³/mol. The van der Waals surface area contributed by atoms with E-state index >= 15 is 0 Å². The molecule has 0 aliphatic heterocycles. The normalized spacial score (nSPS) is 43.0. The van der Waals surface area contributed by atoms with Crippen LogP contribution < -0.4 is 0 Å². The van der Waals surface area contributed by atoms with Crippen molar-refractivity contribution in [2.75, 3.05) is 0 Å². The number of Topliss-reactive ketones (excluding diaryl/α,β-unsaturated/α-hetero) is 2. The molecule has 0 amide bonds. The van der Waals surface area contributed by atoms with Gasteiger partial charge in [-0.3, -0.25) is 9.59 Å². The quantitative estimate of drug-likeness (QED) is 0.473. The summed E-state index contributed by atoms with van der Waals surface area (Å²) in [5, 5.41) is 10.8. The van der Waals surface area contributed by atoms with Crippen molar-refractivity contribution in [2.24, 2.45) is 39.4 Å². The number of carbonyl (C=O) groups is 2. The second-order valence-corrected chi connectivity index (χ2v) is 13.6. The number of hydrogen-bond donors (Lipinski definition) is 1. The molecule has 0 saturated heterocycles. The highest BCUT2D eigenvalue weighted by Crippen LogP contribution is 2.71. The molecule has 4 aliphatic carbocycles. The number of aliphatic hydroxyl groups is 1. The summed E-state index contributed by atoms with van der Waals surface area (Å²) < 4.78 is 0. The summed E-state index contributed by atoms with van der Waals surface area (Å²) in [6.45, 7) is 17.7. The van der Waals surface area contributed by atoms with Crippen LogP contribution in [0.4, 0.5) is 0 Å².